The second-order valence-corrected chi connectivity index (χ2v) is 4.12. The molecule has 1 aromatic heterocycles. The van der Waals surface area contributed by atoms with Gasteiger partial charge < -0.3 is 9.26 Å². The Kier molecular flexibility index (Phi) is 3.28. The summed E-state index contributed by atoms with van der Waals surface area (Å²) < 4.78 is 10.8. The Labute approximate surface area is 111 Å². The minimum absolute atomic E-state index is 0.566. The number of hydrogen-bond acceptors (Lipinski definition) is 3. The summed E-state index contributed by atoms with van der Waals surface area (Å²) in [6, 6.07) is 19.5. The van der Waals surface area contributed by atoms with E-state index in [0.29, 0.717) is 12.4 Å². The first-order chi connectivity index (χ1) is 9.42. The van der Waals surface area contributed by atoms with E-state index < -0.39 is 0 Å². The predicted octanol–water partition coefficient (Wildman–Crippen LogP) is 3.72. The molecule has 0 spiro atoms. The molecule has 0 amide bonds. The van der Waals surface area contributed by atoms with E-state index >= 15 is 0 Å². The number of ether oxygens (including phenoxy) is 1. The molecule has 0 fully saturated rings. The summed E-state index contributed by atoms with van der Waals surface area (Å²) in [6.45, 7) is 0.566. The molecule has 0 saturated heterocycles. The van der Waals surface area contributed by atoms with Crippen LogP contribution in [-0.4, -0.2) is 5.16 Å². The van der Waals surface area contributed by atoms with Crippen LogP contribution < -0.4 is 4.74 Å². The maximum Gasteiger partial charge on any atom is 0.167 e. The standard InChI is InChI=1S/C16H12NO2/c1-2-4-13(5-3-1)12-18-15-8-6-14(7-9-15)16-10-11-17-19-16/h1-10H,12H2. The van der Waals surface area contributed by atoms with Crippen molar-refractivity contribution in [3.05, 3.63) is 72.4 Å². The summed E-state index contributed by atoms with van der Waals surface area (Å²) in [5.41, 5.74) is 2.11. The fraction of sp³-hybridized carbons (Fsp3) is 0.0625. The van der Waals surface area contributed by atoms with Gasteiger partial charge in [0.2, 0.25) is 0 Å². The van der Waals surface area contributed by atoms with E-state index in [0.717, 1.165) is 16.9 Å². The van der Waals surface area contributed by atoms with Crippen LogP contribution in [0.15, 0.2) is 65.2 Å². The topological polar surface area (TPSA) is 35.3 Å². The molecule has 3 heteroatoms. The predicted molar refractivity (Wildman–Crippen MR) is 71.5 cm³/mol. The molecule has 3 rings (SSSR count). The molecular formula is C16H12NO2. The zero-order valence-electron chi connectivity index (χ0n) is 10.2. The molecular weight excluding hydrogens is 238 g/mol. The lowest BCUT2D eigenvalue weighted by Crippen LogP contribution is -1.94. The van der Waals surface area contributed by atoms with Gasteiger partial charge in [0.15, 0.2) is 5.76 Å². The SMILES string of the molecule is [c]1cc(-c2ccc(OCc3ccccc3)cc2)on1. The van der Waals surface area contributed by atoms with Gasteiger partial charge in [0.1, 0.15) is 18.6 Å². The highest BCUT2D eigenvalue weighted by molar-refractivity contribution is 5.57. The summed E-state index contributed by atoms with van der Waals surface area (Å²) in [5.74, 6) is 1.53. The van der Waals surface area contributed by atoms with Crippen LogP contribution in [0.1, 0.15) is 5.56 Å². The van der Waals surface area contributed by atoms with Crippen molar-refractivity contribution < 1.29 is 9.26 Å². The molecule has 0 aliphatic carbocycles. The minimum Gasteiger partial charge on any atom is -0.489 e. The zero-order chi connectivity index (χ0) is 12.9. The fourth-order valence-corrected chi connectivity index (χ4v) is 1.78. The zero-order valence-corrected chi connectivity index (χ0v) is 10.2. The smallest absolute Gasteiger partial charge is 0.167 e. The van der Waals surface area contributed by atoms with Gasteiger partial charge in [-0.15, -0.1) is 0 Å². The van der Waals surface area contributed by atoms with Gasteiger partial charge in [-0.1, -0.05) is 35.5 Å². The first-order valence-electron chi connectivity index (χ1n) is 6.02. The number of nitrogens with zero attached hydrogens (tertiary/aromatic N) is 1. The Morgan fingerprint density at radius 2 is 1.79 bits per heavy atom. The lowest BCUT2D eigenvalue weighted by atomic mass is 10.2. The quantitative estimate of drug-likeness (QED) is 0.707. The average molecular weight is 250 g/mol. The Morgan fingerprint density at radius 1 is 1.00 bits per heavy atom. The van der Waals surface area contributed by atoms with Gasteiger partial charge in [-0.05, 0) is 29.8 Å². The van der Waals surface area contributed by atoms with Crippen LogP contribution in [0.2, 0.25) is 0 Å². The maximum atomic E-state index is 5.71. The molecule has 2 aromatic carbocycles. The summed E-state index contributed by atoms with van der Waals surface area (Å²) in [6.07, 6.45) is 2.64. The summed E-state index contributed by atoms with van der Waals surface area (Å²) in [5, 5.41) is 3.57. The number of rotatable bonds is 4. The lowest BCUT2D eigenvalue weighted by molar-refractivity contribution is 0.306. The molecule has 19 heavy (non-hydrogen) atoms. The molecule has 3 nitrogen and oxygen atoms in total. The van der Waals surface area contributed by atoms with Crippen molar-refractivity contribution in [3.8, 4) is 17.1 Å². The van der Waals surface area contributed by atoms with Crippen molar-refractivity contribution in [3.63, 3.8) is 0 Å². The highest BCUT2D eigenvalue weighted by Gasteiger charge is 2.02. The molecule has 3 aromatic rings. The average Bonchev–Trinajstić information content (AvgIpc) is 3.01. The summed E-state index contributed by atoms with van der Waals surface area (Å²) in [4.78, 5) is 0. The van der Waals surface area contributed by atoms with E-state index in [1.165, 1.54) is 0 Å². The fourth-order valence-electron chi connectivity index (χ4n) is 1.78. The van der Waals surface area contributed by atoms with E-state index in [1.807, 2.05) is 54.6 Å². The van der Waals surface area contributed by atoms with Crippen molar-refractivity contribution in [2.45, 2.75) is 6.61 Å². The summed E-state index contributed by atoms with van der Waals surface area (Å²) >= 11 is 0. The molecule has 0 unspecified atom stereocenters. The Balaban J connectivity index is 1.67. The van der Waals surface area contributed by atoms with Gasteiger partial charge in [0.25, 0.3) is 0 Å². The lowest BCUT2D eigenvalue weighted by Gasteiger charge is -2.06. The molecule has 0 bridgehead atoms. The van der Waals surface area contributed by atoms with E-state index in [-0.39, 0.29) is 0 Å². The van der Waals surface area contributed by atoms with Gasteiger partial charge in [-0.25, -0.2) is 0 Å². The van der Waals surface area contributed by atoms with Crippen LogP contribution in [-0.2, 0) is 6.61 Å². The van der Waals surface area contributed by atoms with Crippen molar-refractivity contribution >= 4 is 0 Å². The van der Waals surface area contributed by atoms with Crippen LogP contribution in [0.5, 0.6) is 5.75 Å². The first-order valence-corrected chi connectivity index (χ1v) is 6.02. The minimum atomic E-state index is 0.566. The van der Waals surface area contributed by atoms with Crippen LogP contribution in [0.25, 0.3) is 11.3 Å². The highest BCUT2D eigenvalue weighted by atomic mass is 16.5. The third-order valence-corrected chi connectivity index (χ3v) is 2.78. The van der Waals surface area contributed by atoms with E-state index in [2.05, 4.69) is 11.4 Å². The Bertz CT molecular complexity index is 616. The largest absolute Gasteiger partial charge is 0.489 e. The monoisotopic (exact) mass is 250 g/mol. The number of aromatic nitrogens is 1. The highest BCUT2D eigenvalue weighted by Crippen LogP contribution is 2.22. The van der Waals surface area contributed by atoms with Crippen LogP contribution in [0.4, 0.5) is 0 Å². The molecule has 0 atom stereocenters. The van der Waals surface area contributed by atoms with Crippen molar-refractivity contribution in [1.82, 2.24) is 5.16 Å². The molecule has 0 aliphatic rings. The van der Waals surface area contributed by atoms with Crippen LogP contribution in [0, 0.1) is 6.20 Å². The second-order valence-electron chi connectivity index (χ2n) is 4.12. The first kappa shape index (κ1) is 11.5. The third kappa shape index (κ3) is 2.83. The van der Waals surface area contributed by atoms with Crippen molar-refractivity contribution in [2.75, 3.05) is 0 Å². The molecule has 1 radical (unpaired) electrons. The van der Waals surface area contributed by atoms with Gasteiger partial charge in [-0.3, -0.25) is 0 Å². The molecule has 0 N–H and O–H groups in total. The van der Waals surface area contributed by atoms with Gasteiger partial charge in [0, 0.05) is 11.6 Å². The van der Waals surface area contributed by atoms with Crippen LogP contribution >= 0.6 is 0 Å². The molecule has 0 saturated carbocycles. The van der Waals surface area contributed by atoms with Crippen molar-refractivity contribution in [1.29, 1.82) is 0 Å². The Morgan fingerprint density at radius 3 is 2.47 bits per heavy atom. The van der Waals surface area contributed by atoms with Crippen molar-refractivity contribution in [2.24, 2.45) is 0 Å². The van der Waals surface area contributed by atoms with Gasteiger partial charge >= 0.3 is 0 Å². The maximum absolute atomic E-state index is 5.71. The van der Waals surface area contributed by atoms with Gasteiger partial charge in [0.05, 0.1) is 0 Å². The molecule has 93 valence electrons. The third-order valence-electron chi connectivity index (χ3n) is 2.78. The Hall–Kier alpha value is -2.55. The van der Waals surface area contributed by atoms with E-state index in [9.17, 15) is 0 Å². The molecule has 0 aliphatic heterocycles. The number of hydrogen-bond donors (Lipinski definition) is 0. The van der Waals surface area contributed by atoms with Gasteiger partial charge in [-0.2, -0.15) is 0 Å². The summed E-state index contributed by atoms with van der Waals surface area (Å²) in [7, 11) is 0. The van der Waals surface area contributed by atoms with E-state index in [4.69, 9.17) is 9.26 Å². The normalized spacial score (nSPS) is 10.3. The molecule has 1 heterocycles. The second kappa shape index (κ2) is 5.40. The van der Waals surface area contributed by atoms with E-state index in [1.54, 1.807) is 6.07 Å². The van der Waals surface area contributed by atoms with Crippen LogP contribution in [0.3, 0.4) is 0 Å². The number of benzene rings is 2.